The molecule has 2 aliphatic rings. The van der Waals surface area contributed by atoms with Gasteiger partial charge in [-0.15, -0.1) is 5.10 Å². The van der Waals surface area contributed by atoms with Gasteiger partial charge in [-0.25, -0.2) is 9.67 Å². The van der Waals surface area contributed by atoms with Crippen molar-refractivity contribution in [2.24, 2.45) is 17.3 Å². The van der Waals surface area contributed by atoms with Crippen LogP contribution >= 0.6 is 0 Å². The zero-order chi connectivity index (χ0) is 17.2. The number of hydrogen-bond acceptors (Lipinski definition) is 6. The van der Waals surface area contributed by atoms with Gasteiger partial charge >= 0.3 is 0 Å². The molecule has 0 spiro atoms. The van der Waals surface area contributed by atoms with Gasteiger partial charge in [0, 0.05) is 32.8 Å². The molecule has 130 valence electrons. The molecule has 4 heterocycles. The summed E-state index contributed by atoms with van der Waals surface area (Å²) in [5.74, 6) is 1.22. The monoisotopic (exact) mass is 339 g/mol. The number of anilines is 1. The average Bonchev–Trinajstić information content (AvgIpc) is 3.14. The van der Waals surface area contributed by atoms with Crippen molar-refractivity contribution in [1.29, 1.82) is 0 Å². The fourth-order valence-corrected chi connectivity index (χ4v) is 3.31. The van der Waals surface area contributed by atoms with Crippen LogP contribution in [-0.2, 0) is 7.05 Å². The van der Waals surface area contributed by atoms with Gasteiger partial charge in [0.05, 0.1) is 5.39 Å². The Bertz CT molecular complexity index is 859. The van der Waals surface area contributed by atoms with Crippen molar-refractivity contribution in [3.05, 3.63) is 17.8 Å². The minimum absolute atomic E-state index is 0.279. The standard InChI is InChI=1S/C17H21N7O/c1-23-16-12(15(22-23)17(25)19-13-8-9-18-21-13)6-7-14(20-16)24-10-4-2-3-5-11-24/h6-7,9H,2-5,8,10-11H2,1H3,(H,19,21,25). The highest BCUT2D eigenvalue weighted by molar-refractivity contribution is 6.13. The summed E-state index contributed by atoms with van der Waals surface area (Å²) in [6.07, 6.45) is 7.14. The molecule has 4 rings (SSSR count). The molecular weight excluding hydrogens is 318 g/mol. The van der Waals surface area contributed by atoms with Gasteiger partial charge in [-0.2, -0.15) is 10.2 Å². The average molecular weight is 339 g/mol. The number of aryl methyl sites for hydroxylation is 1. The van der Waals surface area contributed by atoms with Gasteiger partial charge in [0.2, 0.25) is 0 Å². The second-order valence-corrected chi connectivity index (χ2v) is 6.42. The Kier molecular flexibility index (Phi) is 4.17. The number of aromatic nitrogens is 3. The molecule has 8 nitrogen and oxygen atoms in total. The van der Waals surface area contributed by atoms with E-state index in [1.54, 1.807) is 10.9 Å². The number of carbonyl (C=O) groups excluding carboxylic acids is 1. The van der Waals surface area contributed by atoms with E-state index in [-0.39, 0.29) is 5.91 Å². The summed E-state index contributed by atoms with van der Waals surface area (Å²) in [5, 5.41) is 15.5. The van der Waals surface area contributed by atoms with Gasteiger partial charge in [-0.3, -0.25) is 4.79 Å². The highest BCUT2D eigenvalue weighted by atomic mass is 16.2. The smallest absolute Gasteiger partial charge is 0.277 e. The molecule has 25 heavy (non-hydrogen) atoms. The molecule has 0 radical (unpaired) electrons. The Morgan fingerprint density at radius 1 is 1.16 bits per heavy atom. The van der Waals surface area contributed by atoms with Crippen molar-refractivity contribution in [2.45, 2.75) is 32.1 Å². The fraction of sp³-hybridized carbons (Fsp3) is 0.471. The summed E-state index contributed by atoms with van der Waals surface area (Å²) in [7, 11) is 1.81. The second-order valence-electron chi connectivity index (χ2n) is 6.42. The minimum atomic E-state index is -0.279. The summed E-state index contributed by atoms with van der Waals surface area (Å²) < 4.78 is 1.67. The number of rotatable bonds is 2. The maximum absolute atomic E-state index is 12.5. The van der Waals surface area contributed by atoms with Crippen molar-refractivity contribution in [1.82, 2.24) is 20.1 Å². The molecule has 1 N–H and O–H groups in total. The molecule has 8 heteroatoms. The predicted octanol–water partition coefficient (Wildman–Crippen LogP) is 1.87. The molecule has 0 atom stereocenters. The van der Waals surface area contributed by atoms with Crippen molar-refractivity contribution in [3.8, 4) is 0 Å². The van der Waals surface area contributed by atoms with Crippen LogP contribution in [0.5, 0.6) is 0 Å². The summed E-state index contributed by atoms with van der Waals surface area (Å²) in [4.78, 5) is 19.6. The number of carbonyl (C=O) groups is 1. The lowest BCUT2D eigenvalue weighted by molar-refractivity contribution is 0.0972. The van der Waals surface area contributed by atoms with E-state index >= 15 is 0 Å². The van der Waals surface area contributed by atoms with Crippen LogP contribution in [0.3, 0.4) is 0 Å². The highest BCUT2D eigenvalue weighted by Gasteiger charge is 2.20. The summed E-state index contributed by atoms with van der Waals surface area (Å²) in [6, 6.07) is 3.93. The lowest BCUT2D eigenvalue weighted by Gasteiger charge is -2.21. The maximum atomic E-state index is 12.5. The van der Waals surface area contributed by atoms with Crippen LogP contribution in [0.2, 0.25) is 0 Å². The van der Waals surface area contributed by atoms with Crippen molar-refractivity contribution >= 4 is 34.8 Å². The quantitative estimate of drug-likeness (QED) is 0.905. The van der Waals surface area contributed by atoms with Crippen molar-refractivity contribution < 1.29 is 4.79 Å². The lowest BCUT2D eigenvalue weighted by Crippen LogP contribution is -2.30. The van der Waals surface area contributed by atoms with Crippen molar-refractivity contribution in [2.75, 3.05) is 18.0 Å². The number of amidine groups is 1. The van der Waals surface area contributed by atoms with E-state index in [4.69, 9.17) is 4.98 Å². The van der Waals surface area contributed by atoms with E-state index < -0.39 is 0 Å². The molecule has 0 aromatic carbocycles. The largest absolute Gasteiger partial charge is 0.357 e. The molecule has 1 fully saturated rings. The van der Waals surface area contributed by atoms with Gasteiger partial charge in [0.1, 0.15) is 11.7 Å². The molecule has 0 saturated carbocycles. The molecule has 1 saturated heterocycles. The SMILES string of the molecule is Cn1nc(C(=O)NC2=NN=CC2)c2ccc(N3CCCCCC3)nc21. The second kappa shape index (κ2) is 6.62. The van der Waals surface area contributed by atoms with E-state index in [0.717, 1.165) is 29.9 Å². The summed E-state index contributed by atoms with van der Waals surface area (Å²) >= 11 is 0. The van der Waals surface area contributed by atoms with Gasteiger partial charge in [0.15, 0.2) is 11.3 Å². The van der Waals surface area contributed by atoms with E-state index in [9.17, 15) is 4.79 Å². The van der Waals surface area contributed by atoms with Gasteiger partial charge < -0.3 is 10.2 Å². The number of nitrogens with zero attached hydrogens (tertiary/aromatic N) is 6. The van der Waals surface area contributed by atoms with Crippen LogP contribution in [0.25, 0.3) is 11.0 Å². The Balaban J connectivity index is 1.63. The topological polar surface area (TPSA) is 87.8 Å². The van der Waals surface area contributed by atoms with Gasteiger partial charge in [0.25, 0.3) is 5.91 Å². The first-order chi connectivity index (χ1) is 12.2. The number of hydrogen-bond donors (Lipinski definition) is 1. The normalized spacial score (nSPS) is 17.6. The molecular formula is C17H21N7O. The molecule has 0 aliphatic carbocycles. The zero-order valence-electron chi connectivity index (χ0n) is 14.3. The molecule has 0 bridgehead atoms. The Hall–Kier alpha value is -2.77. The van der Waals surface area contributed by atoms with E-state index in [2.05, 4.69) is 25.5 Å². The number of pyridine rings is 1. The first-order valence-corrected chi connectivity index (χ1v) is 8.71. The third kappa shape index (κ3) is 3.11. The third-order valence-electron chi connectivity index (χ3n) is 4.62. The molecule has 2 aromatic rings. The van der Waals surface area contributed by atoms with Crippen LogP contribution in [-0.4, -0.2) is 45.8 Å². The Labute approximate surface area is 145 Å². The van der Waals surface area contributed by atoms with E-state index in [1.165, 1.54) is 25.7 Å². The van der Waals surface area contributed by atoms with Crippen LogP contribution in [0.1, 0.15) is 42.6 Å². The highest BCUT2D eigenvalue weighted by Crippen LogP contribution is 2.23. The number of amides is 1. The number of nitrogens with one attached hydrogen (secondary N) is 1. The first-order valence-electron chi connectivity index (χ1n) is 8.71. The fourth-order valence-electron chi connectivity index (χ4n) is 3.31. The minimum Gasteiger partial charge on any atom is -0.357 e. The van der Waals surface area contributed by atoms with Crippen LogP contribution in [0.15, 0.2) is 22.3 Å². The van der Waals surface area contributed by atoms with Gasteiger partial charge in [-0.05, 0) is 25.0 Å². The van der Waals surface area contributed by atoms with E-state index in [1.807, 2.05) is 19.2 Å². The molecule has 2 aliphatic heterocycles. The first kappa shape index (κ1) is 15.7. The number of fused-ring (bicyclic) bond motifs is 1. The summed E-state index contributed by atoms with van der Waals surface area (Å²) in [5.41, 5.74) is 1.08. The maximum Gasteiger partial charge on any atom is 0.277 e. The van der Waals surface area contributed by atoms with Crippen LogP contribution < -0.4 is 10.2 Å². The Morgan fingerprint density at radius 3 is 2.68 bits per heavy atom. The molecule has 2 aromatic heterocycles. The van der Waals surface area contributed by atoms with Crippen LogP contribution in [0.4, 0.5) is 5.82 Å². The molecule has 0 unspecified atom stereocenters. The van der Waals surface area contributed by atoms with Crippen molar-refractivity contribution in [3.63, 3.8) is 0 Å². The molecule has 1 amide bonds. The predicted molar refractivity (Wildman–Crippen MR) is 97.2 cm³/mol. The van der Waals surface area contributed by atoms with E-state index in [0.29, 0.717) is 18.0 Å². The third-order valence-corrected chi connectivity index (χ3v) is 4.62. The zero-order valence-corrected chi connectivity index (χ0v) is 14.3. The van der Waals surface area contributed by atoms with Crippen LogP contribution in [0, 0.1) is 0 Å². The summed E-state index contributed by atoms with van der Waals surface area (Å²) in [6.45, 7) is 2.06. The van der Waals surface area contributed by atoms with Gasteiger partial charge in [-0.1, -0.05) is 12.8 Å². The lowest BCUT2D eigenvalue weighted by atomic mass is 10.2. The Morgan fingerprint density at radius 2 is 1.96 bits per heavy atom.